The van der Waals surface area contributed by atoms with Gasteiger partial charge < -0.3 is 4.90 Å². The Kier molecular flexibility index (Phi) is 3.70. The number of nitrogens with zero attached hydrogens (tertiary/aromatic N) is 1. The predicted octanol–water partition coefficient (Wildman–Crippen LogP) is 3.06. The lowest BCUT2D eigenvalue weighted by Gasteiger charge is -2.17. The summed E-state index contributed by atoms with van der Waals surface area (Å²) in [6, 6.07) is 4.60. The Morgan fingerprint density at radius 1 is 1.00 bits per heavy atom. The maximum atomic E-state index is 2.33. The summed E-state index contributed by atoms with van der Waals surface area (Å²) in [6.07, 6.45) is 0. The van der Waals surface area contributed by atoms with E-state index in [4.69, 9.17) is 0 Å². The molecule has 0 amide bonds. The molecule has 0 aliphatic rings. The monoisotopic (exact) mass is 191 g/mol. The number of hydrogen-bond donors (Lipinski definition) is 0. The van der Waals surface area contributed by atoms with E-state index in [0.717, 1.165) is 13.1 Å². The molecule has 0 bridgehead atoms. The molecule has 0 atom stereocenters. The van der Waals surface area contributed by atoms with Gasteiger partial charge in [-0.2, -0.15) is 0 Å². The Bertz CT molecular complexity index is 315. The van der Waals surface area contributed by atoms with Gasteiger partial charge in [-0.15, -0.1) is 0 Å². The standard InChI is InChI=1S/C13H21N/c1-6-14(5)9-13-8-11(3)10(2)7-12(13)4/h7-8H,6,9H2,1-5H3. The fourth-order valence-electron chi connectivity index (χ4n) is 1.59. The summed E-state index contributed by atoms with van der Waals surface area (Å²) in [5.41, 5.74) is 5.66. The predicted molar refractivity (Wildman–Crippen MR) is 62.7 cm³/mol. The van der Waals surface area contributed by atoms with Crippen LogP contribution in [0.3, 0.4) is 0 Å². The average molecular weight is 191 g/mol. The molecule has 0 unspecified atom stereocenters. The van der Waals surface area contributed by atoms with E-state index in [1.165, 1.54) is 22.3 Å². The number of aryl methyl sites for hydroxylation is 3. The van der Waals surface area contributed by atoms with Crippen molar-refractivity contribution in [2.45, 2.75) is 34.2 Å². The van der Waals surface area contributed by atoms with Crippen LogP contribution in [0.25, 0.3) is 0 Å². The molecule has 1 heteroatoms. The zero-order chi connectivity index (χ0) is 10.7. The minimum absolute atomic E-state index is 1.06. The SMILES string of the molecule is CCN(C)Cc1cc(C)c(C)cc1C. The Morgan fingerprint density at radius 2 is 1.57 bits per heavy atom. The van der Waals surface area contributed by atoms with E-state index in [1.807, 2.05) is 0 Å². The molecule has 0 N–H and O–H groups in total. The molecular formula is C13H21N. The lowest BCUT2D eigenvalue weighted by molar-refractivity contribution is 0.345. The molecule has 14 heavy (non-hydrogen) atoms. The summed E-state index contributed by atoms with van der Waals surface area (Å²) < 4.78 is 0. The Hall–Kier alpha value is -0.820. The summed E-state index contributed by atoms with van der Waals surface area (Å²) in [5.74, 6) is 0. The van der Waals surface area contributed by atoms with E-state index >= 15 is 0 Å². The van der Waals surface area contributed by atoms with Gasteiger partial charge >= 0.3 is 0 Å². The maximum absolute atomic E-state index is 2.33. The van der Waals surface area contributed by atoms with Crippen molar-refractivity contribution in [2.75, 3.05) is 13.6 Å². The van der Waals surface area contributed by atoms with Crippen LogP contribution in [0.2, 0.25) is 0 Å². The van der Waals surface area contributed by atoms with Crippen LogP contribution in [-0.2, 0) is 6.54 Å². The van der Waals surface area contributed by atoms with Gasteiger partial charge in [0.05, 0.1) is 0 Å². The highest BCUT2D eigenvalue weighted by atomic mass is 15.1. The lowest BCUT2D eigenvalue weighted by Crippen LogP contribution is -2.17. The van der Waals surface area contributed by atoms with E-state index in [-0.39, 0.29) is 0 Å². The second-order valence-electron chi connectivity index (χ2n) is 4.19. The minimum atomic E-state index is 1.06. The molecule has 1 aromatic carbocycles. The Balaban J connectivity index is 2.92. The third-order valence-corrected chi connectivity index (χ3v) is 2.93. The molecule has 0 aliphatic carbocycles. The molecule has 0 radical (unpaired) electrons. The smallest absolute Gasteiger partial charge is 0.0233 e. The largest absolute Gasteiger partial charge is 0.302 e. The van der Waals surface area contributed by atoms with E-state index in [9.17, 15) is 0 Å². The molecule has 0 saturated carbocycles. The van der Waals surface area contributed by atoms with Crippen molar-refractivity contribution in [1.29, 1.82) is 0 Å². The first kappa shape index (κ1) is 11.3. The van der Waals surface area contributed by atoms with Crippen molar-refractivity contribution >= 4 is 0 Å². The first-order valence-corrected chi connectivity index (χ1v) is 5.30. The van der Waals surface area contributed by atoms with Gasteiger partial charge in [0, 0.05) is 6.54 Å². The fraction of sp³-hybridized carbons (Fsp3) is 0.538. The number of hydrogen-bond acceptors (Lipinski definition) is 1. The third kappa shape index (κ3) is 2.58. The Morgan fingerprint density at radius 3 is 2.14 bits per heavy atom. The van der Waals surface area contributed by atoms with E-state index in [2.05, 4.69) is 51.8 Å². The lowest BCUT2D eigenvalue weighted by atomic mass is 10.0. The van der Waals surface area contributed by atoms with Gasteiger partial charge in [0.25, 0.3) is 0 Å². The van der Waals surface area contributed by atoms with Crippen LogP contribution >= 0.6 is 0 Å². The molecule has 0 aliphatic heterocycles. The summed E-state index contributed by atoms with van der Waals surface area (Å²) in [4.78, 5) is 2.33. The van der Waals surface area contributed by atoms with Gasteiger partial charge in [0.2, 0.25) is 0 Å². The summed E-state index contributed by atoms with van der Waals surface area (Å²) >= 11 is 0. The van der Waals surface area contributed by atoms with Gasteiger partial charge in [-0.3, -0.25) is 0 Å². The molecule has 0 aromatic heterocycles. The van der Waals surface area contributed by atoms with Crippen LogP contribution in [0, 0.1) is 20.8 Å². The van der Waals surface area contributed by atoms with Gasteiger partial charge in [-0.1, -0.05) is 19.1 Å². The van der Waals surface area contributed by atoms with E-state index in [1.54, 1.807) is 0 Å². The normalized spacial score (nSPS) is 11.0. The molecule has 78 valence electrons. The fourth-order valence-corrected chi connectivity index (χ4v) is 1.59. The van der Waals surface area contributed by atoms with E-state index < -0.39 is 0 Å². The van der Waals surface area contributed by atoms with Crippen LogP contribution in [0.15, 0.2) is 12.1 Å². The van der Waals surface area contributed by atoms with Crippen molar-refractivity contribution in [3.8, 4) is 0 Å². The van der Waals surface area contributed by atoms with Crippen molar-refractivity contribution < 1.29 is 0 Å². The molecule has 0 fully saturated rings. The topological polar surface area (TPSA) is 3.24 Å². The minimum Gasteiger partial charge on any atom is -0.302 e. The van der Waals surface area contributed by atoms with Gasteiger partial charge in [0.15, 0.2) is 0 Å². The molecule has 1 rings (SSSR count). The van der Waals surface area contributed by atoms with Crippen molar-refractivity contribution in [3.05, 3.63) is 34.4 Å². The quantitative estimate of drug-likeness (QED) is 0.709. The number of rotatable bonds is 3. The first-order valence-electron chi connectivity index (χ1n) is 5.30. The highest BCUT2D eigenvalue weighted by molar-refractivity contribution is 5.36. The van der Waals surface area contributed by atoms with Crippen molar-refractivity contribution in [3.63, 3.8) is 0 Å². The molecular weight excluding hydrogens is 170 g/mol. The van der Waals surface area contributed by atoms with Crippen LogP contribution in [-0.4, -0.2) is 18.5 Å². The van der Waals surface area contributed by atoms with Crippen LogP contribution in [0.5, 0.6) is 0 Å². The molecule has 0 spiro atoms. The zero-order valence-corrected chi connectivity index (χ0v) is 10.0. The van der Waals surface area contributed by atoms with Gasteiger partial charge in [-0.25, -0.2) is 0 Å². The highest BCUT2D eigenvalue weighted by Crippen LogP contribution is 2.16. The van der Waals surface area contributed by atoms with Crippen LogP contribution in [0.1, 0.15) is 29.2 Å². The van der Waals surface area contributed by atoms with Crippen LogP contribution < -0.4 is 0 Å². The molecule has 1 nitrogen and oxygen atoms in total. The second kappa shape index (κ2) is 4.61. The third-order valence-electron chi connectivity index (χ3n) is 2.93. The van der Waals surface area contributed by atoms with Crippen molar-refractivity contribution in [1.82, 2.24) is 4.90 Å². The second-order valence-corrected chi connectivity index (χ2v) is 4.19. The average Bonchev–Trinajstić information content (AvgIpc) is 2.14. The van der Waals surface area contributed by atoms with Gasteiger partial charge in [-0.05, 0) is 56.6 Å². The molecule has 0 saturated heterocycles. The van der Waals surface area contributed by atoms with Crippen LogP contribution in [0.4, 0.5) is 0 Å². The Labute approximate surface area is 87.7 Å². The van der Waals surface area contributed by atoms with Crippen molar-refractivity contribution in [2.24, 2.45) is 0 Å². The maximum Gasteiger partial charge on any atom is 0.0233 e. The van der Waals surface area contributed by atoms with Gasteiger partial charge in [0.1, 0.15) is 0 Å². The number of benzene rings is 1. The summed E-state index contributed by atoms with van der Waals surface area (Å²) in [5, 5.41) is 0. The first-order chi connectivity index (χ1) is 6.54. The summed E-state index contributed by atoms with van der Waals surface area (Å²) in [6.45, 7) is 10.9. The molecule has 1 aromatic rings. The highest BCUT2D eigenvalue weighted by Gasteiger charge is 2.03. The zero-order valence-electron chi connectivity index (χ0n) is 10.0. The summed E-state index contributed by atoms with van der Waals surface area (Å²) in [7, 11) is 2.16. The molecule has 0 heterocycles. The van der Waals surface area contributed by atoms with E-state index in [0.29, 0.717) is 0 Å².